The van der Waals surface area contributed by atoms with E-state index in [2.05, 4.69) is 6.58 Å². The monoisotopic (exact) mass is 309 g/mol. The van der Waals surface area contributed by atoms with Crippen molar-refractivity contribution in [3.8, 4) is 0 Å². The molecule has 1 aliphatic heterocycles. The van der Waals surface area contributed by atoms with E-state index in [0.29, 0.717) is 24.6 Å². The van der Waals surface area contributed by atoms with Crippen LogP contribution < -0.4 is 0 Å². The Balaban J connectivity index is 2.36. The largest absolute Gasteiger partial charge is 0.372 e. The Morgan fingerprint density at radius 1 is 1.33 bits per heavy atom. The topological polar surface area (TPSA) is 46.6 Å². The lowest BCUT2D eigenvalue weighted by Gasteiger charge is -2.27. The summed E-state index contributed by atoms with van der Waals surface area (Å²) in [5, 5.41) is 0. The van der Waals surface area contributed by atoms with Crippen molar-refractivity contribution >= 4 is 10.0 Å². The van der Waals surface area contributed by atoms with E-state index in [0.717, 1.165) is 5.56 Å². The minimum absolute atomic E-state index is 0.227. The van der Waals surface area contributed by atoms with Gasteiger partial charge in [0.15, 0.2) is 0 Å². The van der Waals surface area contributed by atoms with Gasteiger partial charge in [-0.15, -0.1) is 6.58 Å². The molecule has 0 aliphatic carbocycles. The van der Waals surface area contributed by atoms with Crippen LogP contribution >= 0.6 is 0 Å². The number of hydrogen-bond acceptors (Lipinski definition) is 3. The molecule has 0 N–H and O–H groups in total. The highest BCUT2D eigenvalue weighted by Gasteiger charge is 2.35. The number of hydrogen-bond donors (Lipinski definition) is 0. The third-order valence-electron chi connectivity index (χ3n) is 3.60. The number of benzene rings is 1. The molecule has 0 spiro atoms. The molecule has 4 nitrogen and oxygen atoms in total. The van der Waals surface area contributed by atoms with E-state index in [1.165, 1.54) is 4.31 Å². The molecule has 1 atom stereocenters. The van der Waals surface area contributed by atoms with Gasteiger partial charge in [-0.3, -0.25) is 0 Å². The van der Waals surface area contributed by atoms with Gasteiger partial charge in [0.1, 0.15) is 0 Å². The second-order valence-electron chi connectivity index (χ2n) is 6.36. The van der Waals surface area contributed by atoms with Crippen LogP contribution in [-0.4, -0.2) is 38.5 Å². The lowest BCUT2D eigenvalue weighted by atomic mass is 9.95. The smallest absolute Gasteiger partial charge is 0.243 e. The fourth-order valence-corrected chi connectivity index (χ4v) is 4.00. The maximum absolute atomic E-state index is 12.8. The first kappa shape index (κ1) is 16.2. The Morgan fingerprint density at radius 3 is 2.52 bits per heavy atom. The fourth-order valence-electron chi connectivity index (χ4n) is 2.36. The first-order chi connectivity index (χ1) is 9.74. The number of sulfonamides is 1. The van der Waals surface area contributed by atoms with Crippen LogP contribution in [0.15, 0.2) is 41.8 Å². The molecule has 116 valence electrons. The number of rotatable bonds is 3. The molecule has 1 aromatic rings. The van der Waals surface area contributed by atoms with Gasteiger partial charge in [-0.05, 0) is 19.1 Å². The number of aryl methyl sites for hydroxylation is 1. The zero-order chi connectivity index (χ0) is 15.7. The van der Waals surface area contributed by atoms with Crippen molar-refractivity contribution in [1.29, 1.82) is 0 Å². The van der Waals surface area contributed by atoms with Crippen molar-refractivity contribution in [2.75, 3.05) is 19.7 Å². The van der Waals surface area contributed by atoms with Gasteiger partial charge in [-0.2, -0.15) is 4.31 Å². The molecule has 0 aromatic heterocycles. The summed E-state index contributed by atoms with van der Waals surface area (Å²) in [7, 11) is -3.51. The Morgan fingerprint density at radius 2 is 1.95 bits per heavy atom. The summed E-state index contributed by atoms with van der Waals surface area (Å²) >= 11 is 0. The van der Waals surface area contributed by atoms with Crippen LogP contribution in [0.4, 0.5) is 0 Å². The number of ether oxygens (including phenoxy) is 1. The predicted octanol–water partition coefficient (Wildman–Crippen LogP) is 2.60. The summed E-state index contributed by atoms with van der Waals surface area (Å²) in [4.78, 5) is 0.327. The summed E-state index contributed by atoms with van der Waals surface area (Å²) in [6.45, 7) is 10.9. The van der Waals surface area contributed by atoms with Gasteiger partial charge >= 0.3 is 0 Å². The molecule has 0 amide bonds. The van der Waals surface area contributed by atoms with Gasteiger partial charge in [-0.25, -0.2) is 8.42 Å². The van der Waals surface area contributed by atoms with Crippen molar-refractivity contribution < 1.29 is 13.2 Å². The fraction of sp³-hybridized carbons (Fsp3) is 0.500. The lowest BCUT2D eigenvalue weighted by Crippen LogP contribution is -2.40. The molecule has 0 unspecified atom stereocenters. The van der Waals surface area contributed by atoms with E-state index in [1.54, 1.807) is 18.2 Å². The SMILES string of the molecule is C=C[C@H]1CN(S(=O)(=O)c2ccc(C)cc2)CC(C)(C)CO1. The van der Waals surface area contributed by atoms with Crippen LogP contribution in [0.2, 0.25) is 0 Å². The third kappa shape index (κ3) is 3.73. The van der Waals surface area contributed by atoms with Gasteiger partial charge in [0.25, 0.3) is 0 Å². The molecule has 5 heteroatoms. The molecular formula is C16H23NO3S. The second kappa shape index (κ2) is 5.91. The first-order valence-corrected chi connectivity index (χ1v) is 8.50. The Labute approximate surface area is 127 Å². The average molecular weight is 309 g/mol. The highest BCUT2D eigenvalue weighted by molar-refractivity contribution is 7.89. The van der Waals surface area contributed by atoms with Crippen LogP contribution in [-0.2, 0) is 14.8 Å². The third-order valence-corrected chi connectivity index (χ3v) is 5.42. The molecule has 1 aliphatic rings. The lowest BCUT2D eigenvalue weighted by molar-refractivity contribution is 0.0516. The van der Waals surface area contributed by atoms with Crippen molar-refractivity contribution in [2.24, 2.45) is 5.41 Å². The Hall–Kier alpha value is -1.17. The molecule has 1 fully saturated rings. The molecule has 21 heavy (non-hydrogen) atoms. The first-order valence-electron chi connectivity index (χ1n) is 7.06. The maximum Gasteiger partial charge on any atom is 0.243 e. The van der Waals surface area contributed by atoms with Gasteiger partial charge in [0.2, 0.25) is 10.0 Å². The van der Waals surface area contributed by atoms with Crippen LogP contribution in [0.3, 0.4) is 0 Å². The normalized spacial score (nSPS) is 23.5. The van der Waals surface area contributed by atoms with Crippen LogP contribution in [0.5, 0.6) is 0 Å². The summed E-state index contributed by atoms with van der Waals surface area (Å²) in [6, 6.07) is 6.95. The molecule has 0 radical (unpaired) electrons. The molecule has 0 bridgehead atoms. The van der Waals surface area contributed by atoms with Gasteiger partial charge in [-0.1, -0.05) is 37.6 Å². The van der Waals surface area contributed by atoms with Crippen molar-refractivity contribution in [1.82, 2.24) is 4.31 Å². The highest BCUT2D eigenvalue weighted by Crippen LogP contribution is 2.27. The average Bonchev–Trinajstić information content (AvgIpc) is 2.58. The highest BCUT2D eigenvalue weighted by atomic mass is 32.2. The minimum Gasteiger partial charge on any atom is -0.372 e. The Kier molecular flexibility index (Phi) is 4.56. The van der Waals surface area contributed by atoms with E-state index in [-0.39, 0.29) is 11.5 Å². The summed E-state index contributed by atoms with van der Waals surface area (Å²) < 4.78 is 32.9. The summed E-state index contributed by atoms with van der Waals surface area (Å²) in [5.74, 6) is 0. The molecule has 1 heterocycles. The van der Waals surface area contributed by atoms with Crippen LogP contribution in [0.1, 0.15) is 19.4 Å². The van der Waals surface area contributed by atoms with Crippen molar-refractivity contribution in [2.45, 2.75) is 31.8 Å². The summed E-state index contributed by atoms with van der Waals surface area (Å²) in [6.07, 6.45) is 1.39. The number of nitrogens with zero attached hydrogens (tertiary/aromatic N) is 1. The second-order valence-corrected chi connectivity index (χ2v) is 8.30. The van der Waals surface area contributed by atoms with Gasteiger partial charge in [0.05, 0.1) is 17.6 Å². The van der Waals surface area contributed by atoms with Gasteiger partial charge < -0.3 is 4.74 Å². The van der Waals surface area contributed by atoms with E-state index in [9.17, 15) is 8.42 Å². The van der Waals surface area contributed by atoms with Crippen molar-refractivity contribution in [3.63, 3.8) is 0 Å². The zero-order valence-corrected chi connectivity index (χ0v) is 13.7. The molecule has 0 saturated carbocycles. The van der Waals surface area contributed by atoms with Crippen LogP contribution in [0, 0.1) is 12.3 Å². The predicted molar refractivity (Wildman–Crippen MR) is 83.7 cm³/mol. The van der Waals surface area contributed by atoms with E-state index in [4.69, 9.17) is 4.74 Å². The van der Waals surface area contributed by atoms with Crippen molar-refractivity contribution in [3.05, 3.63) is 42.5 Å². The van der Waals surface area contributed by atoms with E-state index in [1.807, 2.05) is 32.9 Å². The quantitative estimate of drug-likeness (QED) is 0.806. The van der Waals surface area contributed by atoms with E-state index < -0.39 is 10.0 Å². The van der Waals surface area contributed by atoms with E-state index >= 15 is 0 Å². The minimum atomic E-state index is -3.51. The molecule has 1 saturated heterocycles. The van der Waals surface area contributed by atoms with Gasteiger partial charge in [0, 0.05) is 18.5 Å². The Bertz CT molecular complexity index is 605. The van der Waals surface area contributed by atoms with Crippen LogP contribution in [0.25, 0.3) is 0 Å². The molecule has 1 aromatic carbocycles. The standard InChI is InChI=1S/C16H23NO3S/c1-5-14-10-17(11-16(3,4)12-20-14)21(18,19)15-8-6-13(2)7-9-15/h5-9,14H,1,10-12H2,2-4H3/t14-/m0/s1. The maximum atomic E-state index is 12.8. The zero-order valence-electron chi connectivity index (χ0n) is 12.9. The summed E-state index contributed by atoms with van der Waals surface area (Å²) in [5.41, 5.74) is 0.813. The molecule has 2 rings (SSSR count). The molecular weight excluding hydrogens is 286 g/mol.